The lowest BCUT2D eigenvalue weighted by Crippen LogP contribution is -2.38. The van der Waals surface area contributed by atoms with Crippen LogP contribution in [0.25, 0.3) is 28.3 Å². The number of hydrogen-bond donors (Lipinski definition) is 0. The zero-order chi connectivity index (χ0) is 30.8. The smallest absolute Gasteiger partial charge is 0.374 e. The second-order valence-electron chi connectivity index (χ2n) is 9.94. The van der Waals surface area contributed by atoms with Crippen molar-refractivity contribution in [2.24, 2.45) is 0 Å². The zero-order valence-electron chi connectivity index (χ0n) is 23.1. The molecule has 4 aromatic rings. The third-order valence-electron chi connectivity index (χ3n) is 6.90. The van der Waals surface area contributed by atoms with Gasteiger partial charge < -0.3 is 23.2 Å². The largest absolute Gasteiger partial charge is 0.748 e. The number of benzene rings is 3. The molecule has 2 heterocycles. The first-order valence-electron chi connectivity index (χ1n) is 13.5. The Morgan fingerprint density at radius 2 is 1.70 bits per heavy atom. The second-order valence-corrected chi connectivity index (χ2v) is 13.4. The number of ether oxygens (including phenoxy) is 1. The summed E-state index contributed by atoms with van der Waals surface area (Å²) in [5.74, 6) is 0.0882. The SMILES string of the molecule is CCC(=Cc1oc2ccc(-c3ccccc3)cc2[n+]1CCS(=O)(=O)[O-])C=C1Oc2ccc(Cl)cc2N1CCCS(=O)(=O)[O-]. The molecule has 13 heteroatoms. The molecule has 10 nitrogen and oxygen atoms in total. The summed E-state index contributed by atoms with van der Waals surface area (Å²) in [7, 11) is -8.91. The highest BCUT2D eigenvalue weighted by Gasteiger charge is 2.28. The van der Waals surface area contributed by atoms with Crippen LogP contribution in [0.4, 0.5) is 5.69 Å². The number of halogens is 1. The van der Waals surface area contributed by atoms with Crippen LogP contribution in [0, 0.1) is 0 Å². The summed E-state index contributed by atoms with van der Waals surface area (Å²) in [5.41, 5.74) is 4.36. The van der Waals surface area contributed by atoms with Crippen LogP contribution in [0.15, 0.2) is 88.7 Å². The number of hydrogen-bond acceptors (Lipinski definition) is 9. The van der Waals surface area contributed by atoms with Crippen molar-refractivity contribution in [3.8, 4) is 16.9 Å². The fraction of sp³-hybridized carbons (Fsp3) is 0.233. The third-order valence-corrected chi connectivity index (χ3v) is 8.60. The molecule has 0 atom stereocenters. The summed E-state index contributed by atoms with van der Waals surface area (Å²) in [6.45, 7) is 1.98. The Balaban J connectivity index is 1.55. The van der Waals surface area contributed by atoms with Crippen LogP contribution < -0.4 is 14.2 Å². The summed E-state index contributed by atoms with van der Waals surface area (Å²) >= 11 is 6.21. The normalized spacial score (nSPS) is 14.8. The van der Waals surface area contributed by atoms with Crippen LogP contribution >= 0.6 is 11.6 Å². The highest BCUT2D eigenvalue weighted by Crippen LogP contribution is 2.41. The van der Waals surface area contributed by atoms with E-state index in [0.717, 1.165) is 16.7 Å². The minimum Gasteiger partial charge on any atom is -0.748 e. The van der Waals surface area contributed by atoms with E-state index in [1.54, 1.807) is 45.9 Å². The van der Waals surface area contributed by atoms with Gasteiger partial charge in [-0.15, -0.1) is 0 Å². The van der Waals surface area contributed by atoms with Crippen molar-refractivity contribution in [3.63, 3.8) is 0 Å². The molecule has 0 saturated heterocycles. The van der Waals surface area contributed by atoms with Gasteiger partial charge >= 0.3 is 5.89 Å². The monoisotopic (exact) mass is 643 g/mol. The standard InChI is InChI=1S/C30H29ClN2O8S2/c1-2-21(17-29-32(13-6-15-42(34,35)36)26-20-24(31)10-12-28(26)41-29)18-30-33(14-16-43(37,38)39)25-19-23(9-11-27(25)40-30)22-7-4-3-5-8-22/h3-5,7-12,17-20H,2,6,13-16H2,1H3,(H-,34,35,36,37,38,39)/p-1. The Morgan fingerprint density at radius 1 is 0.953 bits per heavy atom. The van der Waals surface area contributed by atoms with Crippen LogP contribution in [-0.4, -0.2) is 44.0 Å². The first-order chi connectivity index (χ1) is 20.4. The molecule has 1 aromatic heterocycles. The Kier molecular flexibility index (Phi) is 8.95. The fourth-order valence-corrected chi connectivity index (χ4v) is 5.88. The summed E-state index contributed by atoms with van der Waals surface area (Å²) in [5, 5.41) is 0.461. The quantitative estimate of drug-likeness (QED) is 0.162. The average molecular weight is 644 g/mol. The van der Waals surface area contributed by atoms with Gasteiger partial charge in [-0.1, -0.05) is 54.9 Å². The molecule has 0 aliphatic carbocycles. The number of fused-ring (bicyclic) bond motifs is 2. The van der Waals surface area contributed by atoms with E-state index in [-0.39, 0.29) is 19.5 Å². The second kappa shape index (κ2) is 12.5. The van der Waals surface area contributed by atoms with E-state index in [1.165, 1.54) is 0 Å². The van der Waals surface area contributed by atoms with E-state index in [4.69, 9.17) is 20.8 Å². The number of aryl methyl sites for hydroxylation is 1. The predicted molar refractivity (Wildman–Crippen MR) is 161 cm³/mol. The average Bonchev–Trinajstić information content (AvgIpc) is 3.47. The minimum atomic E-state index is -4.51. The topological polar surface area (TPSA) is 144 Å². The highest BCUT2D eigenvalue weighted by molar-refractivity contribution is 7.85. The molecule has 0 bridgehead atoms. The number of allylic oxidation sites excluding steroid dienone is 2. The van der Waals surface area contributed by atoms with Gasteiger partial charge in [0.2, 0.25) is 11.5 Å². The van der Waals surface area contributed by atoms with Gasteiger partial charge in [-0.25, -0.2) is 16.8 Å². The van der Waals surface area contributed by atoms with Crippen molar-refractivity contribution in [3.05, 3.63) is 95.2 Å². The van der Waals surface area contributed by atoms with Crippen LogP contribution in [0.5, 0.6) is 5.75 Å². The molecule has 0 saturated carbocycles. The molecular weight excluding hydrogens is 616 g/mol. The lowest BCUT2D eigenvalue weighted by atomic mass is 10.1. The molecule has 1 aliphatic rings. The molecule has 0 spiro atoms. The molecular formula is C30H28ClN2O8S2-. The molecule has 0 unspecified atom stereocenters. The van der Waals surface area contributed by atoms with Crippen molar-refractivity contribution in [2.45, 2.75) is 26.3 Å². The first kappa shape index (κ1) is 30.8. The van der Waals surface area contributed by atoms with E-state index in [0.29, 0.717) is 45.8 Å². The first-order valence-corrected chi connectivity index (χ1v) is 17.0. The van der Waals surface area contributed by atoms with Crippen LogP contribution in [0.3, 0.4) is 0 Å². The molecule has 5 rings (SSSR count). The van der Waals surface area contributed by atoms with E-state index < -0.39 is 31.7 Å². The van der Waals surface area contributed by atoms with E-state index >= 15 is 0 Å². The van der Waals surface area contributed by atoms with Gasteiger partial charge in [0.25, 0.3) is 5.52 Å². The number of rotatable bonds is 11. The number of anilines is 1. The molecule has 226 valence electrons. The number of nitrogens with zero attached hydrogens (tertiary/aromatic N) is 2. The zero-order valence-corrected chi connectivity index (χ0v) is 25.5. The molecule has 43 heavy (non-hydrogen) atoms. The van der Waals surface area contributed by atoms with Gasteiger partial charge in [-0.2, -0.15) is 4.57 Å². The van der Waals surface area contributed by atoms with Gasteiger partial charge in [-0.05, 0) is 53.8 Å². The van der Waals surface area contributed by atoms with Crippen molar-refractivity contribution in [2.75, 3.05) is 23.0 Å². The van der Waals surface area contributed by atoms with Crippen LogP contribution in [0.1, 0.15) is 25.7 Å². The summed E-state index contributed by atoms with van der Waals surface area (Å²) in [6.07, 6.45) is 4.09. The highest BCUT2D eigenvalue weighted by atomic mass is 35.5. The van der Waals surface area contributed by atoms with Gasteiger partial charge in [0, 0.05) is 29.5 Å². The molecule has 0 fully saturated rings. The Bertz CT molecular complexity index is 1940. The van der Waals surface area contributed by atoms with E-state index in [1.807, 2.05) is 49.4 Å². The molecule has 0 amide bonds. The molecule has 1 aliphatic heterocycles. The van der Waals surface area contributed by atoms with Crippen molar-refractivity contribution in [1.82, 2.24) is 0 Å². The van der Waals surface area contributed by atoms with E-state index in [2.05, 4.69) is 0 Å². The summed E-state index contributed by atoms with van der Waals surface area (Å²) in [6, 6.07) is 20.3. The fourth-order valence-electron chi connectivity index (χ4n) is 4.83. The van der Waals surface area contributed by atoms with Gasteiger partial charge in [0.05, 0.1) is 27.6 Å². The molecule has 0 radical (unpaired) electrons. The van der Waals surface area contributed by atoms with Crippen molar-refractivity contribution in [1.29, 1.82) is 0 Å². The Labute approximate surface area is 255 Å². The Hall–Kier alpha value is -3.68. The van der Waals surface area contributed by atoms with Gasteiger partial charge in [-0.3, -0.25) is 0 Å². The van der Waals surface area contributed by atoms with Gasteiger partial charge in [0.15, 0.2) is 12.3 Å². The summed E-state index contributed by atoms with van der Waals surface area (Å²) in [4.78, 5) is 1.75. The number of aromatic nitrogens is 1. The lowest BCUT2D eigenvalue weighted by molar-refractivity contribution is -0.673. The number of oxazole rings is 1. The maximum Gasteiger partial charge on any atom is 0.374 e. The third kappa shape index (κ3) is 7.64. The minimum absolute atomic E-state index is 0.0701. The van der Waals surface area contributed by atoms with Crippen molar-refractivity contribution >= 4 is 54.7 Å². The van der Waals surface area contributed by atoms with Crippen LogP contribution in [0.2, 0.25) is 5.02 Å². The Morgan fingerprint density at radius 3 is 2.40 bits per heavy atom. The predicted octanol–water partition coefficient (Wildman–Crippen LogP) is 5.06. The van der Waals surface area contributed by atoms with Crippen LogP contribution in [-0.2, 0) is 26.8 Å². The lowest BCUT2D eigenvalue weighted by Gasteiger charge is -2.19. The van der Waals surface area contributed by atoms with Gasteiger partial charge in [0.1, 0.15) is 10.1 Å². The summed E-state index contributed by atoms with van der Waals surface area (Å²) < 4.78 is 82.3. The molecule has 0 N–H and O–H groups in total. The van der Waals surface area contributed by atoms with E-state index in [9.17, 15) is 25.9 Å². The maximum atomic E-state index is 11.6. The molecule has 3 aromatic carbocycles. The van der Waals surface area contributed by atoms with Crippen molar-refractivity contribution < 1.29 is 39.7 Å². The maximum absolute atomic E-state index is 11.6.